The minimum atomic E-state index is 0.380. The van der Waals surface area contributed by atoms with Gasteiger partial charge in [0.05, 0.1) is 16.2 Å². The molecule has 0 radical (unpaired) electrons. The highest BCUT2D eigenvalue weighted by Crippen LogP contribution is 2.28. The van der Waals surface area contributed by atoms with E-state index in [-0.39, 0.29) is 0 Å². The topological polar surface area (TPSA) is 80.8 Å². The molecular formula is C11H14Cl2N6. The van der Waals surface area contributed by atoms with E-state index in [9.17, 15) is 0 Å². The van der Waals surface area contributed by atoms with E-state index in [1.807, 2.05) is 19.4 Å². The molecule has 102 valence electrons. The van der Waals surface area contributed by atoms with Gasteiger partial charge in [-0.2, -0.15) is 5.10 Å². The van der Waals surface area contributed by atoms with E-state index in [1.54, 1.807) is 10.7 Å². The molecule has 0 bridgehead atoms. The van der Waals surface area contributed by atoms with Crippen LogP contribution in [0.15, 0.2) is 18.5 Å². The Morgan fingerprint density at radius 2 is 2.05 bits per heavy atom. The highest BCUT2D eigenvalue weighted by molar-refractivity contribution is 6.37. The monoisotopic (exact) mass is 300 g/mol. The van der Waals surface area contributed by atoms with Gasteiger partial charge in [0.15, 0.2) is 5.82 Å². The molecule has 0 fully saturated rings. The molecule has 0 aliphatic heterocycles. The van der Waals surface area contributed by atoms with Gasteiger partial charge in [0, 0.05) is 19.8 Å². The normalized spacial score (nSPS) is 10.5. The first-order chi connectivity index (χ1) is 9.10. The van der Waals surface area contributed by atoms with Crippen molar-refractivity contribution in [1.82, 2.24) is 14.8 Å². The van der Waals surface area contributed by atoms with Crippen LogP contribution in [0, 0.1) is 0 Å². The van der Waals surface area contributed by atoms with Crippen molar-refractivity contribution in [3.8, 4) is 0 Å². The molecular weight excluding hydrogens is 287 g/mol. The first-order valence-electron chi connectivity index (χ1n) is 5.64. The molecule has 4 N–H and O–H groups in total. The van der Waals surface area contributed by atoms with E-state index in [2.05, 4.69) is 20.8 Å². The number of nitrogen functional groups attached to an aromatic ring is 1. The molecule has 6 nitrogen and oxygen atoms in total. The number of aromatic nitrogens is 3. The first kappa shape index (κ1) is 13.9. The van der Waals surface area contributed by atoms with E-state index in [1.165, 1.54) is 0 Å². The minimum absolute atomic E-state index is 0.380. The average Bonchev–Trinajstić information content (AvgIpc) is 2.78. The number of rotatable bonds is 5. The number of hydrazine groups is 1. The average molecular weight is 301 g/mol. The van der Waals surface area contributed by atoms with Gasteiger partial charge >= 0.3 is 0 Å². The first-order valence-corrected chi connectivity index (χ1v) is 6.40. The Morgan fingerprint density at radius 3 is 2.68 bits per heavy atom. The molecule has 0 aliphatic rings. The highest BCUT2D eigenvalue weighted by atomic mass is 35.5. The van der Waals surface area contributed by atoms with Gasteiger partial charge < -0.3 is 10.7 Å². The third-order valence-corrected chi connectivity index (χ3v) is 3.11. The zero-order valence-corrected chi connectivity index (χ0v) is 11.8. The molecule has 0 aromatic carbocycles. The third-order valence-electron chi connectivity index (χ3n) is 2.53. The van der Waals surface area contributed by atoms with Crippen molar-refractivity contribution in [1.29, 1.82) is 0 Å². The summed E-state index contributed by atoms with van der Waals surface area (Å²) in [7, 11) is 1.88. The van der Waals surface area contributed by atoms with E-state index in [4.69, 9.17) is 29.0 Å². The van der Waals surface area contributed by atoms with Crippen molar-refractivity contribution < 1.29 is 0 Å². The summed E-state index contributed by atoms with van der Waals surface area (Å²) in [5.74, 6) is 6.24. The number of hydrogen-bond acceptors (Lipinski definition) is 5. The lowest BCUT2D eigenvalue weighted by Crippen LogP contribution is -2.12. The second kappa shape index (κ2) is 6.10. The summed E-state index contributed by atoms with van der Waals surface area (Å²) in [4.78, 5) is 4.19. The summed E-state index contributed by atoms with van der Waals surface area (Å²) < 4.78 is 1.76. The second-order valence-corrected chi connectivity index (χ2v) is 4.81. The molecule has 2 rings (SSSR count). The second-order valence-electron chi connectivity index (χ2n) is 3.99. The number of hydrogen-bond donors (Lipinski definition) is 3. The lowest BCUT2D eigenvalue weighted by atomic mass is 10.2. The summed E-state index contributed by atoms with van der Waals surface area (Å²) in [5, 5.41) is 8.07. The quantitative estimate of drug-likeness (QED) is 0.582. The molecule has 0 unspecified atom stereocenters. The number of nitrogens with one attached hydrogen (secondary N) is 2. The maximum atomic E-state index is 6.05. The molecule has 0 spiro atoms. The smallest absolute Gasteiger partial charge is 0.161 e. The van der Waals surface area contributed by atoms with Crippen LogP contribution in [-0.4, -0.2) is 21.3 Å². The number of aryl methyl sites for hydroxylation is 1. The van der Waals surface area contributed by atoms with Crippen molar-refractivity contribution in [2.75, 3.05) is 17.3 Å². The van der Waals surface area contributed by atoms with Crippen molar-refractivity contribution in [3.63, 3.8) is 0 Å². The van der Waals surface area contributed by atoms with E-state index < -0.39 is 0 Å². The summed E-state index contributed by atoms with van der Waals surface area (Å²) in [5.41, 5.74) is 3.56. The lowest BCUT2D eigenvalue weighted by molar-refractivity contribution is 0.767. The van der Waals surface area contributed by atoms with Gasteiger partial charge in [0.2, 0.25) is 0 Å². The molecule has 0 saturated heterocycles. The number of anilines is 2. The fraction of sp³-hybridized carbons (Fsp3) is 0.273. The largest absolute Gasteiger partial charge is 0.368 e. The molecule has 2 heterocycles. The van der Waals surface area contributed by atoms with Crippen LogP contribution in [0.1, 0.15) is 5.56 Å². The summed E-state index contributed by atoms with van der Waals surface area (Å²) in [6, 6.07) is 1.59. The molecule has 2 aromatic heterocycles. The fourth-order valence-corrected chi connectivity index (χ4v) is 2.10. The van der Waals surface area contributed by atoms with Crippen LogP contribution in [0.3, 0.4) is 0 Å². The molecule has 8 heteroatoms. The molecule has 2 aromatic rings. The van der Waals surface area contributed by atoms with Crippen LogP contribution < -0.4 is 16.6 Å². The van der Waals surface area contributed by atoms with Crippen LogP contribution in [0.4, 0.5) is 11.6 Å². The van der Waals surface area contributed by atoms with E-state index in [0.717, 1.165) is 12.0 Å². The summed E-state index contributed by atoms with van der Waals surface area (Å²) in [6.07, 6.45) is 4.61. The van der Waals surface area contributed by atoms with Crippen molar-refractivity contribution in [3.05, 3.63) is 34.1 Å². The predicted octanol–water partition coefficient (Wildman–Crippen LogP) is 2.06. The van der Waals surface area contributed by atoms with Crippen LogP contribution in [0.2, 0.25) is 10.0 Å². The Morgan fingerprint density at radius 1 is 1.32 bits per heavy atom. The van der Waals surface area contributed by atoms with E-state index in [0.29, 0.717) is 28.2 Å². The Labute approximate surface area is 120 Å². The molecule has 0 atom stereocenters. The standard InChI is InChI=1S/C11H14Cl2N6/c1-19-6-7(5-16-19)2-3-15-10-8(12)4-9(13)11(17-10)18-14/h4-6H,2-3,14H2,1H3,(H2,15,17,18). The highest BCUT2D eigenvalue weighted by Gasteiger charge is 2.08. The van der Waals surface area contributed by atoms with Gasteiger partial charge in [-0.1, -0.05) is 23.2 Å². The summed E-state index contributed by atoms with van der Waals surface area (Å²) in [6.45, 7) is 0.685. The minimum Gasteiger partial charge on any atom is -0.368 e. The predicted molar refractivity (Wildman–Crippen MR) is 77.5 cm³/mol. The van der Waals surface area contributed by atoms with Gasteiger partial charge in [-0.05, 0) is 18.1 Å². The van der Waals surface area contributed by atoms with Gasteiger partial charge in [-0.15, -0.1) is 0 Å². The summed E-state index contributed by atoms with van der Waals surface area (Å²) >= 11 is 12.0. The number of halogens is 2. The maximum absolute atomic E-state index is 6.05. The molecule has 0 aliphatic carbocycles. The maximum Gasteiger partial charge on any atom is 0.161 e. The number of nitrogens with zero attached hydrogens (tertiary/aromatic N) is 3. The Hall–Kier alpha value is -1.50. The SMILES string of the molecule is Cn1cc(CCNc2nc(NN)c(Cl)cc2Cl)cn1. The molecule has 0 saturated carbocycles. The molecule has 0 amide bonds. The van der Waals surface area contributed by atoms with Crippen LogP contribution >= 0.6 is 23.2 Å². The molecule has 19 heavy (non-hydrogen) atoms. The lowest BCUT2D eigenvalue weighted by Gasteiger charge is -2.10. The van der Waals surface area contributed by atoms with Gasteiger partial charge in [-0.25, -0.2) is 10.8 Å². The Kier molecular flexibility index (Phi) is 4.47. The van der Waals surface area contributed by atoms with E-state index >= 15 is 0 Å². The van der Waals surface area contributed by atoms with Crippen LogP contribution in [0.5, 0.6) is 0 Å². The zero-order chi connectivity index (χ0) is 13.8. The zero-order valence-electron chi connectivity index (χ0n) is 10.3. The van der Waals surface area contributed by atoms with Crippen molar-refractivity contribution >= 4 is 34.8 Å². The Balaban J connectivity index is 1.99. The van der Waals surface area contributed by atoms with Gasteiger partial charge in [0.25, 0.3) is 0 Å². The van der Waals surface area contributed by atoms with Crippen molar-refractivity contribution in [2.24, 2.45) is 12.9 Å². The van der Waals surface area contributed by atoms with Gasteiger partial charge in [-0.3, -0.25) is 4.68 Å². The fourth-order valence-electron chi connectivity index (χ4n) is 1.62. The van der Waals surface area contributed by atoms with Crippen LogP contribution in [0.25, 0.3) is 0 Å². The Bertz CT molecular complexity index is 568. The number of nitrogens with two attached hydrogens (primary N) is 1. The van der Waals surface area contributed by atoms with Crippen molar-refractivity contribution in [2.45, 2.75) is 6.42 Å². The van der Waals surface area contributed by atoms with Gasteiger partial charge in [0.1, 0.15) is 5.82 Å². The number of pyridine rings is 1. The van der Waals surface area contributed by atoms with Crippen LogP contribution in [-0.2, 0) is 13.5 Å². The third kappa shape index (κ3) is 3.50.